The number of carbonyl (C=O) groups is 2. The summed E-state index contributed by atoms with van der Waals surface area (Å²) in [4.78, 5) is 22.8. The van der Waals surface area contributed by atoms with Gasteiger partial charge in [-0.3, -0.25) is 4.79 Å². The molecule has 0 saturated carbocycles. The number of rotatable bonds is 7. The maximum Gasteiger partial charge on any atom is 0.341 e. The summed E-state index contributed by atoms with van der Waals surface area (Å²) in [5.41, 5.74) is 6.99. The van der Waals surface area contributed by atoms with Gasteiger partial charge in [-0.2, -0.15) is 0 Å². The Labute approximate surface area is 142 Å². The Morgan fingerprint density at radius 1 is 1.33 bits per heavy atom. The molecule has 0 aromatic heterocycles. The van der Waals surface area contributed by atoms with Gasteiger partial charge in [0.05, 0.1) is 11.3 Å². The van der Waals surface area contributed by atoms with Crippen LogP contribution in [-0.2, 0) is 29.0 Å². The number of fused-ring (bicyclic) bond motifs is 1. The summed E-state index contributed by atoms with van der Waals surface area (Å²) >= 11 is 0. The van der Waals surface area contributed by atoms with E-state index in [0.29, 0.717) is 25.0 Å². The number of cyclic esters (lactones) is 1. The van der Waals surface area contributed by atoms with E-state index in [9.17, 15) is 9.59 Å². The zero-order chi connectivity index (χ0) is 17.9. The Morgan fingerprint density at radius 2 is 2.04 bits per heavy atom. The molecule has 1 aliphatic heterocycles. The number of hydrogen-bond acceptors (Lipinski definition) is 4. The second-order valence-electron chi connectivity index (χ2n) is 6.14. The topological polar surface area (TPSA) is 75.6 Å². The lowest BCUT2D eigenvalue weighted by atomic mass is 9.88. The van der Waals surface area contributed by atoms with E-state index in [4.69, 9.17) is 9.84 Å². The molecule has 130 valence electrons. The smallest absolute Gasteiger partial charge is 0.341 e. The third-order valence-electron chi connectivity index (χ3n) is 4.67. The van der Waals surface area contributed by atoms with Crippen molar-refractivity contribution in [3.63, 3.8) is 0 Å². The van der Waals surface area contributed by atoms with E-state index >= 15 is 0 Å². The van der Waals surface area contributed by atoms with Gasteiger partial charge in [0.1, 0.15) is 6.61 Å². The molecule has 24 heavy (non-hydrogen) atoms. The van der Waals surface area contributed by atoms with E-state index in [1.807, 2.05) is 20.9 Å². The number of anilines is 1. The highest BCUT2D eigenvalue weighted by Gasteiger charge is 2.30. The molecule has 5 heteroatoms. The number of esters is 1. The second kappa shape index (κ2) is 7.51. The van der Waals surface area contributed by atoms with E-state index < -0.39 is 5.97 Å². The predicted octanol–water partition coefficient (Wildman–Crippen LogP) is 3.62. The zero-order valence-corrected chi connectivity index (χ0v) is 14.8. The number of carboxylic acid groups (broad SMARTS) is 1. The average molecular weight is 331 g/mol. The van der Waals surface area contributed by atoms with E-state index in [1.165, 1.54) is 5.56 Å². The fraction of sp³-hybridized carbons (Fsp3) is 0.474. The lowest BCUT2D eigenvalue weighted by Gasteiger charge is -2.19. The van der Waals surface area contributed by atoms with Gasteiger partial charge in [0.2, 0.25) is 0 Å². The summed E-state index contributed by atoms with van der Waals surface area (Å²) in [6, 6.07) is 0. The third-order valence-corrected chi connectivity index (χ3v) is 4.67. The van der Waals surface area contributed by atoms with Crippen LogP contribution in [0.2, 0.25) is 0 Å². The van der Waals surface area contributed by atoms with Crippen molar-refractivity contribution in [1.82, 2.24) is 0 Å². The summed E-state index contributed by atoms with van der Waals surface area (Å²) in [5.74, 6) is -1.06. The van der Waals surface area contributed by atoms with Crippen LogP contribution >= 0.6 is 0 Å². The lowest BCUT2D eigenvalue weighted by Crippen LogP contribution is -2.10. The zero-order valence-electron chi connectivity index (χ0n) is 14.8. The van der Waals surface area contributed by atoms with Gasteiger partial charge in [-0.1, -0.05) is 18.6 Å². The Kier molecular flexibility index (Phi) is 5.65. The molecule has 0 bridgehead atoms. The highest BCUT2D eigenvalue weighted by Crippen LogP contribution is 2.37. The molecule has 0 saturated heterocycles. The molecule has 2 N–H and O–H groups in total. The van der Waals surface area contributed by atoms with Crippen LogP contribution in [0.4, 0.5) is 5.69 Å². The van der Waals surface area contributed by atoms with Crippen molar-refractivity contribution < 1.29 is 19.4 Å². The summed E-state index contributed by atoms with van der Waals surface area (Å²) in [7, 11) is 1.82. The van der Waals surface area contributed by atoms with Gasteiger partial charge in [-0.05, 0) is 49.8 Å². The van der Waals surface area contributed by atoms with E-state index in [-0.39, 0.29) is 12.4 Å². The summed E-state index contributed by atoms with van der Waals surface area (Å²) < 4.78 is 5.23. The quantitative estimate of drug-likeness (QED) is 0.589. The predicted molar refractivity (Wildman–Crippen MR) is 93.6 cm³/mol. The van der Waals surface area contributed by atoms with Crippen molar-refractivity contribution >= 4 is 17.6 Å². The maximum absolute atomic E-state index is 12.1. The van der Waals surface area contributed by atoms with Crippen molar-refractivity contribution in [2.45, 2.75) is 53.1 Å². The van der Waals surface area contributed by atoms with Gasteiger partial charge in [-0.15, -0.1) is 0 Å². The van der Waals surface area contributed by atoms with E-state index in [2.05, 4.69) is 18.3 Å². The first-order valence-electron chi connectivity index (χ1n) is 8.30. The first-order chi connectivity index (χ1) is 11.4. The number of carboxylic acids is 1. The van der Waals surface area contributed by atoms with Crippen molar-refractivity contribution in [1.29, 1.82) is 0 Å². The fourth-order valence-electron chi connectivity index (χ4n) is 3.33. The van der Waals surface area contributed by atoms with Gasteiger partial charge in [-0.25, -0.2) is 4.79 Å². The molecule has 1 aromatic rings. The van der Waals surface area contributed by atoms with Gasteiger partial charge in [0.15, 0.2) is 0 Å². The number of carbonyl (C=O) groups excluding carboxylic acids is 1. The van der Waals surface area contributed by atoms with E-state index in [0.717, 1.165) is 34.4 Å². The van der Waals surface area contributed by atoms with Crippen LogP contribution in [0.1, 0.15) is 59.3 Å². The Balaban J connectivity index is 2.43. The number of nitrogens with one attached hydrogen (secondary N) is 1. The van der Waals surface area contributed by atoms with Crippen LogP contribution in [0, 0.1) is 6.92 Å². The molecular formula is C19H25NO4. The summed E-state index contributed by atoms with van der Waals surface area (Å²) in [6.45, 7) is 6.44. The van der Waals surface area contributed by atoms with Gasteiger partial charge < -0.3 is 15.2 Å². The molecule has 0 fully saturated rings. The Hall–Kier alpha value is -2.30. The SMILES string of the molecule is CCc1c(C)c2c(c(NC)c1C/C=C(\C)CCC(=O)O)C(=O)OC2. The van der Waals surface area contributed by atoms with Gasteiger partial charge >= 0.3 is 11.9 Å². The van der Waals surface area contributed by atoms with Gasteiger partial charge in [0, 0.05) is 19.0 Å². The normalized spacial score (nSPS) is 13.7. The maximum atomic E-state index is 12.1. The molecule has 1 aliphatic rings. The molecule has 0 atom stereocenters. The first kappa shape index (κ1) is 18.0. The molecule has 0 amide bonds. The van der Waals surface area contributed by atoms with Crippen molar-refractivity contribution in [2.24, 2.45) is 0 Å². The first-order valence-corrected chi connectivity index (χ1v) is 8.30. The van der Waals surface area contributed by atoms with Crippen LogP contribution < -0.4 is 5.32 Å². The second-order valence-corrected chi connectivity index (χ2v) is 6.14. The van der Waals surface area contributed by atoms with Crippen LogP contribution in [0.25, 0.3) is 0 Å². The summed E-state index contributed by atoms with van der Waals surface area (Å²) in [6.07, 6.45) is 4.28. The minimum Gasteiger partial charge on any atom is -0.481 e. The van der Waals surface area contributed by atoms with Crippen LogP contribution in [0.15, 0.2) is 11.6 Å². The number of hydrogen-bond donors (Lipinski definition) is 2. The molecule has 1 heterocycles. The van der Waals surface area contributed by atoms with Crippen LogP contribution in [0.5, 0.6) is 0 Å². The largest absolute Gasteiger partial charge is 0.481 e. The number of allylic oxidation sites excluding steroid dienone is 2. The fourth-order valence-corrected chi connectivity index (χ4v) is 3.33. The molecule has 1 aromatic carbocycles. The molecule has 5 nitrogen and oxygen atoms in total. The highest BCUT2D eigenvalue weighted by atomic mass is 16.5. The standard InChI is InChI=1S/C19H25NO4/c1-5-13-12(3)15-10-24-19(23)17(15)18(20-4)14(13)8-6-11(2)7-9-16(21)22/h6,20H,5,7-10H2,1-4H3,(H,21,22)/b11-6+. The third kappa shape index (κ3) is 3.45. The molecule has 0 radical (unpaired) electrons. The highest BCUT2D eigenvalue weighted by molar-refractivity contribution is 6.01. The lowest BCUT2D eigenvalue weighted by molar-refractivity contribution is -0.136. The average Bonchev–Trinajstić information content (AvgIpc) is 2.93. The minimum absolute atomic E-state index is 0.136. The van der Waals surface area contributed by atoms with Crippen molar-refractivity contribution in [2.75, 3.05) is 12.4 Å². The Bertz CT molecular complexity index is 704. The van der Waals surface area contributed by atoms with Crippen molar-refractivity contribution in [3.8, 4) is 0 Å². The number of aliphatic carboxylic acids is 1. The van der Waals surface area contributed by atoms with E-state index in [1.54, 1.807) is 0 Å². The molecule has 0 unspecified atom stereocenters. The molecule has 0 aliphatic carbocycles. The monoisotopic (exact) mass is 331 g/mol. The summed E-state index contributed by atoms with van der Waals surface area (Å²) in [5, 5.41) is 12.0. The van der Waals surface area contributed by atoms with Crippen LogP contribution in [-0.4, -0.2) is 24.1 Å². The van der Waals surface area contributed by atoms with Gasteiger partial charge in [0.25, 0.3) is 0 Å². The number of benzene rings is 1. The molecule has 0 spiro atoms. The van der Waals surface area contributed by atoms with Crippen LogP contribution in [0.3, 0.4) is 0 Å². The molecular weight excluding hydrogens is 306 g/mol. The number of ether oxygens (including phenoxy) is 1. The minimum atomic E-state index is -0.788. The Morgan fingerprint density at radius 3 is 2.62 bits per heavy atom. The van der Waals surface area contributed by atoms with Crippen molar-refractivity contribution in [3.05, 3.63) is 39.5 Å². The molecule has 2 rings (SSSR count).